The number of carbonyl (C=O) groups is 1. The number of hydrogen-bond acceptors (Lipinski definition) is 5. The fourth-order valence-corrected chi connectivity index (χ4v) is 2.04. The molecule has 2 rings (SSSR count). The monoisotopic (exact) mass is 387 g/mol. The zero-order chi connectivity index (χ0) is 20.1. The lowest BCUT2D eigenvalue weighted by Crippen LogP contribution is -2.21. The molecule has 0 bridgehead atoms. The van der Waals surface area contributed by atoms with Crippen molar-refractivity contribution in [2.75, 3.05) is 5.32 Å². The molecule has 0 aliphatic rings. The van der Waals surface area contributed by atoms with Gasteiger partial charge in [0.1, 0.15) is 22.8 Å². The fraction of sp³-hybridized carbons (Fsp3) is 0.312. The molecule has 11 heteroatoms. The molecule has 0 aliphatic heterocycles. The molecule has 0 saturated heterocycles. The Kier molecular flexibility index (Phi) is 6.37. The third kappa shape index (κ3) is 5.43. The van der Waals surface area contributed by atoms with Crippen LogP contribution in [0, 0.1) is 0 Å². The van der Waals surface area contributed by atoms with Gasteiger partial charge in [-0.2, -0.15) is 8.78 Å². The van der Waals surface area contributed by atoms with Crippen LogP contribution in [0.5, 0.6) is 5.75 Å². The van der Waals surface area contributed by atoms with Gasteiger partial charge in [-0.3, -0.25) is 4.79 Å². The van der Waals surface area contributed by atoms with Crippen LogP contribution in [-0.2, 0) is 4.79 Å². The third-order valence-electron chi connectivity index (χ3n) is 3.12. The molecule has 0 unspecified atom stereocenters. The lowest BCUT2D eigenvalue weighted by atomic mass is 10.3. The first-order valence-electron chi connectivity index (χ1n) is 7.73. The number of nitrogens with zero attached hydrogens (tertiary/aromatic N) is 3. The second kappa shape index (κ2) is 8.52. The topological polar surface area (TPSA) is 94.0 Å². The van der Waals surface area contributed by atoms with E-state index >= 15 is 0 Å². The number of nitrogens with one attached hydrogen (secondary N) is 1. The average Bonchev–Trinajstić information content (AvgIpc) is 2.97. The summed E-state index contributed by atoms with van der Waals surface area (Å²) < 4.78 is 56.5. The summed E-state index contributed by atoms with van der Waals surface area (Å²) in [5.74, 6) is -0.621. The molecule has 0 atom stereocenters. The van der Waals surface area contributed by atoms with Gasteiger partial charge in [-0.05, 0) is 19.9 Å². The summed E-state index contributed by atoms with van der Waals surface area (Å²) >= 11 is 0. The lowest BCUT2D eigenvalue weighted by molar-refractivity contribution is -0.112. The summed E-state index contributed by atoms with van der Waals surface area (Å²) in [7, 11) is 0. The molecule has 0 radical (unpaired) electrons. The van der Waals surface area contributed by atoms with Crippen molar-refractivity contribution in [1.82, 2.24) is 9.38 Å². The molecule has 2 heterocycles. The van der Waals surface area contributed by atoms with E-state index < -0.39 is 24.6 Å². The summed E-state index contributed by atoms with van der Waals surface area (Å²) in [6.45, 7) is 0.554. The van der Waals surface area contributed by atoms with Crippen LogP contribution in [0.25, 0.3) is 5.65 Å². The van der Waals surface area contributed by atoms with E-state index in [9.17, 15) is 22.4 Å². The molecule has 146 valence electrons. The van der Waals surface area contributed by atoms with E-state index in [0.717, 1.165) is 12.3 Å². The minimum absolute atomic E-state index is 0.140. The molecular weight excluding hydrogens is 370 g/mol. The number of allylic oxidation sites excluding steroid dienone is 1. The second-order valence-corrected chi connectivity index (χ2v) is 5.60. The van der Waals surface area contributed by atoms with Gasteiger partial charge in [-0.25, -0.2) is 18.8 Å². The number of ether oxygens (including phenoxy) is 1. The highest BCUT2D eigenvalue weighted by Crippen LogP contribution is 2.29. The maximum absolute atomic E-state index is 12.8. The van der Waals surface area contributed by atoms with Crippen molar-refractivity contribution in [3.8, 4) is 5.75 Å². The van der Waals surface area contributed by atoms with E-state index in [4.69, 9.17) is 10.5 Å². The van der Waals surface area contributed by atoms with Crippen LogP contribution >= 0.6 is 0 Å². The van der Waals surface area contributed by atoms with Gasteiger partial charge >= 0.3 is 6.55 Å². The first-order valence-corrected chi connectivity index (χ1v) is 7.73. The highest BCUT2D eigenvalue weighted by molar-refractivity contribution is 6.05. The molecule has 0 spiro atoms. The summed E-state index contributed by atoms with van der Waals surface area (Å²) in [6.07, 6.45) is 1.03. The van der Waals surface area contributed by atoms with E-state index in [0.29, 0.717) is 6.21 Å². The van der Waals surface area contributed by atoms with Crippen molar-refractivity contribution < 1.29 is 27.1 Å². The third-order valence-corrected chi connectivity index (χ3v) is 3.12. The van der Waals surface area contributed by atoms with Gasteiger partial charge in [-0.15, -0.1) is 0 Å². The van der Waals surface area contributed by atoms with E-state index in [-0.39, 0.29) is 28.9 Å². The lowest BCUT2D eigenvalue weighted by Gasteiger charge is -2.15. The molecule has 0 fully saturated rings. The summed E-state index contributed by atoms with van der Waals surface area (Å²) in [6, 6.07) is 1.39. The molecular formula is C16H17F4N5O2. The largest absolute Gasteiger partial charge is 0.489 e. The van der Waals surface area contributed by atoms with Crippen molar-refractivity contribution in [3.05, 3.63) is 35.9 Å². The summed E-state index contributed by atoms with van der Waals surface area (Å²) in [4.78, 5) is 18.7. The Morgan fingerprint density at radius 1 is 1.33 bits per heavy atom. The number of rotatable bonds is 7. The van der Waals surface area contributed by atoms with Gasteiger partial charge in [0, 0.05) is 24.7 Å². The van der Waals surface area contributed by atoms with Crippen LogP contribution in [0.15, 0.2) is 35.2 Å². The zero-order valence-electron chi connectivity index (χ0n) is 14.4. The van der Waals surface area contributed by atoms with Crippen molar-refractivity contribution in [2.45, 2.75) is 32.9 Å². The standard InChI is InChI=1S/C16H17F4N5O2/c1-8(2)27-12-5-13-23-11(14(17)18)7-25(13)6-10(12)24-15(26)9(21)3-4-22-16(19)20/h3-8,14,16H,21H2,1-2H3,(H,24,26). The number of anilines is 1. The van der Waals surface area contributed by atoms with Crippen molar-refractivity contribution in [3.63, 3.8) is 0 Å². The smallest absolute Gasteiger partial charge is 0.331 e. The van der Waals surface area contributed by atoms with Gasteiger partial charge in [-0.1, -0.05) is 0 Å². The van der Waals surface area contributed by atoms with Crippen LogP contribution < -0.4 is 15.8 Å². The van der Waals surface area contributed by atoms with Crippen molar-refractivity contribution in [2.24, 2.45) is 10.7 Å². The summed E-state index contributed by atoms with van der Waals surface area (Å²) in [5, 5.41) is 2.44. The average molecular weight is 387 g/mol. The van der Waals surface area contributed by atoms with Crippen LogP contribution in [-0.4, -0.2) is 34.2 Å². The van der Waals surface area contributed by atoms with Gasteiger partial charge in [0.25, 0.3) is 12.3 Å². The number of halogens is 4. The Hall–Kier alpha value is -3.11. The van der Waals surface area contributed by atoms with Crippen molar-refractivity contribution >= 4 is 23.5 Å². The van der Waals surface area contributed by atoms with Crippen LogP contribution in [0.4, 0.5) is 23.2 Å². The van der Waals surface area contributed by atoms with Crippen molar-refractivity contribution in [1.29, 1.82) is 0 Å². The SMILES string of the molecule is CC(C)Oc1cc2nc(C(F)F)cn2cc1NC(=O)C(N)=CC=NC(F)F. The molecule has 0 aliphatic carbocycles. The molecule has 3 N–H and O–H groups in total. The molecule has 0 aromatic carbocycles. The Labute approximate surface area is 151 Å². The number of pyridine rings is 1. The number of carbonyl (C=O) groups excluding carboxylic acids is 1. The van der Waals surface area contributed by atoms with Gasteiger partial charge < -0.3 is 20.2 Å². The van der Waals surface area contributed by atoms with Crippen LogP contribution in [0.3, 0.4) is 0 Å². The number of aliphatic imine (C=N–C) groups is 1. The Balaban J connectivity index is 2.35. The molecule has 7 nitrogen and oxygen atoms in total. The highest BCUT2D eigenvalue weighted by atomic mass is 19.3. The quantitative estimate of drug-likeness (QED) is 0.330. The second-order valence-electron chi connectivity index (χ2n) is 5.60. The zero-order valence-corrected chi connectivity index (χ0v) is 14.4. The highest BCUT2D eigenvalue weighted by Gasteiger charge is 2.17. The number of imidazole rings is 1. The minimum atomic E-state index is -2.92. The predicted octanol–water partition coefficient (Wildman–Crippen LogP) is 3.13. The number of fused-ring (bicyclic) bond motifs is 1. The maximum Gasteiger partial charge on any atom is 0.331 e. The number of alkyl halides is 4. The van der Waals surface area contributed by atoms with Crippen LogP contribution in [0.1, 0.15) is 26.0 Å². The first kappa shape index (κ1) is 20.2. The molecule has 27 heavy (non-hydrogen) atoms. The number of hydrogen-bond donors (Lipinski definition) is 2. The normalized spacial score (nSPS) is 12.7. The minimum Gasteiger partial charge on any atom is -0.489 e. The van der Waals surface area contributed by atoms with E-state index in [2.05, 4.69) is 15.3 Å². The predicted molar refractivity (Wildman–Crippen MR) is 91.3 cm³/mol. The molecule has 2 aromatic rings. The Morgan fingerprint density at radius 3 is 2.63 bits per heavy atom. The molecule has 1 amide bonds. The van der Waals surface area contributed by atoms with E-state index in [1.807, 2.05) is 0 Å². The van der Waals surface area contributed by atoms with Gasteiger partial charge in [0.15, 0.2) is 0 Å². The molecule has 2 aromatic heterocycles. The number of nitrogens with two attached hydrogens (primary N) is 1. The van der Waals surface area contributed by atoms with Gasteiger partial charge in [0.05, 0.1) is 11.8 Å². The Morgan fingerprint density at radius 2 is 2.04 bits per heavy atom. The van der Waals surface area contributed by atoms with Gasteiger partial charge in [0.2, 0.25) is 0 Å². The maximum atomic E-state index is 12.8. The Bertz CT molecular complexity index is 877. The van der Waals surface area contributed by atoms with E-state index in [1.165, 1.54) is 16.7 Å². The fourth-order valence-electron chi connectivity index (χ4n) is 2.04. The van der Waals surface area contributed by atoms with E-state index in [1.54, 1.807) is 13.8 Å². The summed E-state index contributed by atoms with van der Waals surface area (Å²) in [5.41, 5.74) is 5.04. The van der Waals surface area contributed by atoms with Crippen LogP contribution in [0.2, 0.25) is 0 Å². The number of aromatic nitrogens is 2. The molecule has 0 saturated carbocycles. The first-order chi connectivity index (χ1) is 12.7. The number of amides is 1.